The standard InChI is InChI=1S/C12H17N3O3/c1-18-12(17)10-5-6-11(14-13-10)15-7-3-2-4-9(15)8-16/h5-6,9,16H,2-4,7-8H2,1H3. The second-order valence-corrected chi connectivity index (χ2v) is 4.29. The maximum atomic E-state index is 11.2. The number of aliphatic hydroxyl groups is 1. The minimum atomic E-state index is -0.494. The number of anilines is 1. The first-order valence-corrected chi connectivity index (χ1v) is 6.06. The van der Waals surface area contributed by atoms with Gasteiger partial charge in [0, 0.05) is 6.54 Å². The Kier molecular flexibility index (Phi) is 4.09. The molecule has 1 aromatic heterocycles. The van der Waals surface area contributed by atoms with Crippen LogP contribution in [-0.4, -0.2) is 47.6 Å². The molecule has 6 heteroatoms. The highest BCUT2D eigenvalue weighted by atomic mass is 16.5. The van der Waals surface area contributed by atoms with Crippen LogP contribution in [0.5, 0.6) is 0 Å². The third kappa shape index (κ3) is 2.59. The minimum absolute atomic E-state index is 0.0945. The lowest BCUT2D eigenvalue weighted by molar-refractivity contribution is 0.0592. The molecule has 0 saturated carbocycles. The number of methoxy groups -OCH3 is 1. The van der Waals surface area contributed by atoms with Crippen molar-refractivity contribution in [1.29, 1.82) is 0 Å². The molecule has 1 unspecified atom stereocenters. The van der Waals surface area contributed by atoms with Crippen LogP contribution in [0.1, 0.15) is 29.8 Å². The average Bonchev–Trinajstić information content (AvgIpc) is 2.46. The van der Waals surface area contributed by atoms with E-state index < -0.39 is 5.97 Å². The predicted octanol–water partition coefficient (Wildman–Crippen LogP) is 0.614. The van der Waals surface area contributed by atoms with Crippen molar-refractivity contribution in [2.45, 2.75) is 25.3 Å². The number of hydrogen-bond acceptors (Lipinski definition) is 6. The van der Waals surface area contributed by atoms with E-state index in [2.05, 4.69) is 14.9 Å². The van der Waals surface area contributed by atoms with Crippen molar-refractivity contribution < 1.29 is 14.6 Å². The van der Waals surface area contributed by atoms with Crippen LogP contribution in [0.2, 0.25) is 0 Å². The number of carbonyl (C=O) groups is 1. The van der Waals surface area contributed by atoms with E-state index in [1.165, 1.54) is 7.11 Å². The van der Waals surface area contributed by atoms with Gasteiger partial charge in [0.05, 0.1) is 19.8 Å². The molecule has 0 radical (unpaired) electrons. The number of nitrogens with zero attached hydrogens (tertiary/aromatic N) is 3. The Bertz CT molecular complexity index is 408. The highest BCUT2D eigenvalue weighted by Gasteiger charge is 2.23. The second-order valence-electron chi connectivity index (χ2n) is 4.29. The fourth-order valence-corrected chi connectivity index (χ4v) is 2.18. The summed E-state index contributed by atoms with van der Waals surface area (Å²) in [5, 5.41) is 17.2. The van der Waals surface area contributed by atoms with Crippen molar-refractivity contribution in [3.63, 3.8) is 0 Å². The predicted molar refractivity (Wildman–Crippen MR) is 65.4 cm³/mol. The van der Waals surface area contributed by atoms with Gasteiger partial charge in [-0.3, -0.25) is 0 Å². The average molecular weight is 251 g/mol. The van der Waals surface area contributed by atoms with E-state index in [1.54, 1.807) is 12.1 Å². The van der Waals surface area contributed by atoms with Crippen molar-refractivity contribution in [3.05, 3.63) is 17.8 Å². The summed E-state index contributed by atoms with van der Waals surface area (Å²) in [5.74, 6) is 0.202. The van der Waals surface area contributed by atoms with Crippen LogP contribution in [0.3, 0.4) is 0 Å². The molecule has 1 saturated heterocycles. The first-order valence-electron chi connectivity index (χ1n) is 6.06. The van der Waals surface area contributed by atoms with Gasteiger partial charge in [0.15, 0.2) is 11.5 Å². The van der Waals surface area contributed by atoms with Crippen LogP contribution in [0, 0.1) is 0 Å². The van der Waals surface area contributed by atoms with Gasteiger partial charge in [-0.15, -0.1) is 10.2 Å². The highest BCUT2D eigenvalue weighted by Crippen LogP contribution is 2.22. The number of rotatable bonds is 3. The zero-order valence-electron chi connectivity index (χ0n) is 10.4. The summed E-state index contributed by atoms with van der Waals surface area (Å²) in [7, 11) is 1.31. The number of carbonyl (C=O) groups excluding carboxylic acids is 1. The molecule has 1 N–H and O–H groups in total. The Morgan fingerprint density at radius 2 is 2.33 bits per heavy atom. The van der Waals surface area contributed by atoms with E-state index in [0.717, 1.165) is 25.8 Å². The van der Waals surface area contributed by atoms with Gasteiger partial charge in [0.25, 0.3) is 0 Å². The largest absolute Gasteiger partial charge is 0.464 e. The highest BCUT2D eigenvalue weighted by molar-refractivity contribution is 5.86. The number of esters is 1. The number of piperidine rings is 1. The van der Waals surface area contributed by atoms with E-state index in [1.807, 2.05) is 4.90 Å². The summed E-state index contributed by atoms with van der Waals surface area (Å²) in [6.07, 6.45) is 3.16. The molecular weight excluding hydrogens is 234 g/mol. The van der Waals surface area contributed by atoms with E-state index in [9.17, 15) is 9.90 Å². The summed E-state index contributed by atoms with van der Waals surface area (Å²) in [4.78, 5) is 13.3. The number of ether oxygens (including phenoxy) is 1. The molecule has 1 fully saturated rings. The molecule has 1 aliphatic heterocycles. The Morgan fingerprint density at radius 3 is 2.94 bits per heavy atom. The van der Waals surface area contributed by atoms with E-state index in [4.69, 9.17) is 0 Å². The van der Waals surface area contributed by atoms with Crippen LogP contribution < -0.4 is 4.90 Å². The Hall–Kier alpha value is -1.69. The fourth-order valence-electron chi connectivity index (χ4n) is 2.18. The van der Waals surface area contributed by atoms with Crippen LogP contribution >= 0.6 is 0 Å². The van der Waals surface area contributed by atoms with Crippen LogP contribution in [0.25, 0.3) is 0 Å². The van der Waals surface area contributed by atoms with Crippen molar-refractivity contribution in [3.8, 4) is 0 Å². The third-order valence-electron chi connectivity index (χ3n) is 3.18. The normalized spacial score (nSPS) is 19.7. The molecule has 2 heterocycles. The Morgan fingerprint density at radius 1 is 1.50 bits per heavy atom. The van der Waals surface area contributed by atoms with Crippen molar-refractivity contribution in [2.75, 3.05) is 25.2 Å². The molecular formula is C12H17N3O3. The second kappa shape index (κ2) is 5.77. The number of aromatic nitrogens is 2. The van der Waals surface area contributed by atoms with Crippen LogP contribution in [0.15, 0.2) is 12.1 Å². The van der Waals surface area contributed by atoms with Gasteiger partial charge in [-0.05, 0) is 31.4 Å². The molecule has 0 aliphatic carbocycles. The molecule has 0 spiro atoms. The van der Waals surface area contributed by atoms with Gasteiger partial charge >= 0.3 is 5.97 Å². The SMILES string of the molecule is COC(=O)c1ccc(N2CCCCC2CO)nn1. The first kappa shape index (κ1) is 12.8. The van der Waals surface area contributed by atoms with Crippen molar-refractivity contribution >= 4 is 11.8 Å². The van der Waals surface area contributed by atoms with Crippen molar-refractivity contribution in [2.24, 2.45) is 0 Å². The molecule has 1 aromatic rings. The van der Waals surface area contributed by atoms with Crippen LogP contribution in [0.4, 0.5) is 5.82 Å². The summed E-state index contributed by atoms with van der Waals surface area (Å²) in [6, 6.07) is 3.43. The number of hydrogen-bond donors (Lipinski definition) is 1. The summed E-state index contributed by atoms with van der Waals surface area (Å²) in [6.45, 7) is 0.970. The maximum Gasteiger partial charge on any atom is 0.358 e. The lowest BCUT2D eigenvalue weighted by Crippen LogP contribution is -2.42. The van der Waals surface area contributed by atoms with E-state index >= 15 is 0 Å². The van der Waals surface area contributed by atoms with Crippen molar-refractivity contribution in [1.82, 2.24) is 10.2 Å². The van der Waals surface area contributed by atoms with Gasteiger partial charge in [-0.1, -0.05) is 0 Å². The quantitative estimate of drug-likeness (QED) is 0.793. The molecule has 2 rings (SSSR count). The van der Waals surface area contributed by atoms with Gasteiger partial charge in [0.2, 0.25) is 0 Å². The molecule has 98 valence electrons. The molecule has 18 heavy (non-hydrogen) atoms. The number of aliphatic hydroxyl groups excluding tert-OH is 1. The topological polar surface area (TPSA) is 75.5 Å². The molecule has 0 bridgehead atoms. The molecule has 1 aliphatic rings. The van der Waals surface area contributed by atoms with Crippen LogP contribution in [-0.2, 0) is 4.74 Å². The lowest BCUT2D eigenvalue weighted by Gasteiger charge is -2.35. The third-order valence-corrected chi connectivity index (χ3v) is 3.18. The Labute approximate surface area is 106 Å². The maximum absolute atomic E-state index is 11.2. The molecule has 0 aromatic carbocycles. The zero-order valence-corrected chi connectivity index (χ0v) is 10.4. The molecule has 1 atom stereocenters. The lowest BCUT2D eigenvalue weighted by atomic mass is 10.0. The van der Waals surface area contributed by atoms with Gasteiger partial charge < -0.3 is 14.7 Å². The monoisotopic (exact) mass is 251 g/mol. The molecule has 0 amide bonds. The Balaban J connectivity index is 2.15. The fraction of sp³-hybridized carbons (Fsp3) is 0.583. The summed E-state index contributed by atoms with van der Waals surface area (Å²) >= 11 is 0. The van der Waals surface area contributed by atoms with E-state index in [0.29, 0.717) is 5.82 Å². The van der Waals surface area contributed by atoms with E-state index in [-0.39, 0.29) is 18.3 Å². The molecule has 6 nitrogen and oxygen atoms in total. The summed E-state index contributed by atoms with van der Waals surface area (Å²) in [5.41, 5.74) is 0.193. The van der Waals surface area contributed by atoms with Gasteiger partial charge in [0.1, 0.15) is 0 Å². The first-order chi connectivity index (χ1) is 8.76. The zero-order chi connectivity index (χ0) is 13.0. The smallest absolute Gasteiger partial charge is 0.358 e. The van der Waals surface area contributed by atoms with Gasteiger partial charge in [-0.2, -0.15) is 0 Å². The van der Waals surface area contributed by atoms with Gasteiger partial charge in [-0.25, -0.2) is 4.79 Å². The summed E-state index contributed by atoms with van der Waals surface area (Å²) < 4.78 is 4.57. The minimum Gasteiger partial charge on any atom is -0.464 e.